The maximum Gasteiger partial charge on any atom is 0.335 e. The number of nitrogens with zero attached hydrogens (tertiary/aromatic N) is 4. The van der Waals surface area contributed by atoms with E-state index in [2.05, 4.69) is 21.6 Å². The summed E-state index contributed by atoms with van der Waals surface area (Å²) in [4.78, 5) is 33.2. The quantitative estimate of drug-likeness (QED) is 0.224. The van der Waals surface area contributed by atoms with E-state index >= 15 is 4.39 Å². The molecule has 2 radical (unpaired) electrons. The van der Waals surface area contributed by atoms with Crippen LogP contribution in [0.3, 0.4) is 0 Å². The van der Waals surface area contributed by atoms with Gasteiger partial charge in [-0.2, -0.15) is 0 Å². The number of ether oxygens (including phenoxy) is 2. The van der Waals surface area contributed by atoms with Crippen LogP contribution in [0.25, 0.3) is 17.1 Å². The van der Waals surface area contributed by atoms with Gasteiger partial charge in [0.05, 0.1) is 38.8 Å². The zero-order valence-electron chi connectivity index (χ0n) is 27.6. The smallest absolute Gasteiger partial charge is 0.335 e. The number of fused-ring (bicyclic) bond motifs is 2. The Balaban J connectivity index is 0.994. The molecule has 3 saturated heterocycles. The van der Waals surface area contributed by atoms with E-state index in [1.165, 1.54) is 11.0 Å². The Kier molecular flexibility index (Phi) is 8.37. The lowest BCUT2D eigenvalue weighted by Gasteiger charge is -2.46. The van der Waals surface area contributed by atoms with Crippen LogP contribution in [-0.2, 0) is 11.3 Å². The fraction of sp³-hybridized carbons (Fsp3) is 0.395. The van der Waals surface area contributed by atoms with E-state index in [-0.39, 0.29) is 29.2 Å². The van der Waals surface area contributed by atoms with Crippen LogP contribution in [-0.4, -0.2) is 85.7 Å². The predicted octanol–water partition coefficient (Wildman–Crippen LogP) is 6.14. The van der Waals surface area contributed by atoms with Crippen LogP contribution in [0.2, 0.25) is 6.04 Å². The SMILES string of the molecule is CN(C)C(=O)c1ccc([C@H]2C=Cc3cccc(C4CCN(Cc5nc6ccc(C(=O)O)cc6n5C5[Si]C[C@@H]5[C@@H]5CCO5)CC4)c3O2)c(F)c1. The molecule has 0 spiro atoms. The molecule has 0 aliphatic carbocycles. The number of carboxylic acid groups (broad SMARTS) is 1. The van der Waals surface area contributed by atoms with E-state index in [1.54, 1.807) is 38.4 Å². The largest absolute Gasteiger partial charge is 0.481 e. The van der Waals surface area contributed by atoms with E-state index in [1.807, 2.05) is 24.3 Å². The number of rotatable bonds is 8. The number of carboxylic acids is 1. The van der Waals surface area contributed by atoms with Crippen LogP contribution in [0.1, 0.15) is 80.2 Å². The molecule has 252 valence electrons. The van der Waals surface area contributed by atoms with Crippen molar-refractivity contribution in [3.63, 3.8) is 0 Å². The number of hydrogen-bond donors (Lipinski definition) is 1. The van der Waals surface area contributed by atoms with E-state index < -0.39 is 17.9 Å². The highest BCUT2D eigenvalue weighted by atomic mass is 28.2. The molecule has 1 N–H and O–H groups in total. The number of hydrogen-bond acceptors (Lipinski definition) is 6. The number of likely N-dealkylation sites (tertiary alicyclic amines) is 1. The van der Waals surface area contributed by atoms with Gasteiger partial charge in [-0.15, -0.1) is 0 Å². The monoisotopic (exact) mass is 678 g/mol. The summed E-state index contributed by atoms with van der Waals surface area (Å²) in [5.74, 6) is 0.881. The Morgan fingerprint density at radius 3 is 2.51 bits per heavy atom. The second kappa shape index (κ2) is 12.9. The van der Waals surface area contributed by atoms with Gasteiger partial charge in [0, 0.05) is 49.0 Å². The molecule has 1 unspecified atom stereocenters. The Morgan fingerprint density at radius 1 is 1.04 bits per heavy atom. The molecular weight excluding hydrogens is 640 g/mol. The minimum atomic E-state index is -0.929. The molecule has 0 bridgehead atoms. The molecule has 3 fully saturated rings. The van der Waals surface area contributed by atoms with Crippen molar-refractivity contribution in [1.82, 2.24) is 19.4 Å². The van der Waals surface area contributed by atoms with Crippen LogP contribution in [0, 0.1) is 11.7 Å². The van der Waals surface area contributed by atoms with Crippen LogP contribution >= 0.6 is 0 Å². The highest BCUT2D eigenvalue weighted by Crippen LogP contribution is 2.44. The number of amides is 1. The first-order valence-corrected chi connectivity index (χ1v) is 18.3. The highest BCUT2D eigenvalue weighted by Gasteiger charge is 2.43. The Labute approximate surface area is 287 Å². The number of halogens is 1. The van der Waals surface area contributed by atoms with Gasteiger partial charge in [-0.25, -0.2) is 14.2 Å². The molecule has 1 aromatic heterocycles. The summed E-state index contributed by atoms with van der Waals surface area (Å²) in [6, 6.07) is 17.2. The molecule has 5 heterocycles. The first kappa shape index (κ1) is 31.9. The molecule has 3 aromatic carbocycles. The molecule has 4 aromatic rings. The number of aromatic carboxylic acids is 1. The summed E-state index contributed by atoms with van der Waals surface area (Å²) in [5, 5.41) is 9.72. The van der Waals surface area contributed by atoms with Gasteiger partial charge < -0.3 is 24.0 Å². The summed E-state index contributed by atoms with van der Waals surface area (Å²) in [6.07, 6.45) is 6.54. The lowest BCUT2D eigenvalue weighted by atomic mass is 9.87. The zero-order valence-corrected chi connectivity index (χ0v) is 28.6. The standard InChI is InChI=1S/C38H39FN4O5Si/c1-41(2)36(44)24-6-9-27(29(39)18-24)33-11-8-23-4-3-5-26(35(23)48-33)22-12-15-42(16-13-22)20-34-40-30-10-7-25(38(45)46)19-31(30)43(34)37-28(21-49-37)32-14-17-47-32/h3-11,18-19,22,28,32-33,37H,12-17,20-21H2,1-2H3,(H,45,46)/t28-,32+,33-,37?/m1/s1. The highest BCUT2D eigenvalue weighted by molar-refractivity contribution is 6.41. The number of carbonyl (C=O) groups is 2. The van der Waals surface area contributed by atoms with Crippen LogP contribution in [0.4, 0.5) is 4.39 Å². The number of para-hydroxylation sites is 1. The average molecular weight is 679 g/mol. The Hall–Kier alpha value is -4.32. The molecule has 4 aliphatic rings. The lowest BCUT2D eigenvalue weighted by molar-refractivity contribution is -0.0906. The van der Waals surface area contributed by atoms with Crippen molar-refractivity contribution < 1.29 is 28.6 Å². The second-order valence-corrected chi connectivity index (χ2v) is 15.2. The summed E-state index contributed by atoms with van der Waals surface area (Å²) >= 11 is 0. The van der Waals surface area contributed by atoms with Gasteiger partial charge in [0.25, 0.3) is 5.91 Å². The van der Waals surface area contributed by atoms with Crippen molar-refractivity contribution >= 4 is 38.5 Å². The molecule has 1 amide bonds. The van der Waals surface area contributed by atoms with E-state index in [9.17, 15) is 14.7 Å². The molecule has 0 saturated carbocycles. The minimum Gasteiger partial charge on any atom is -0.481 e. The number of piperidine rings is 1. The number of aromatic nitrogens is 2. The first-order chi connectivity index (χ1) is 23.7. The maximum atomic E-state index is 15.3. The number of benzene rings is 3. The minimum absolute atomic E-state index is 0.245. The summed E-state index contributed by atoms with van der Waals surface area (Å²) < 4.78 is 30.0. The van der Waals surface area contributed by atoms with E-state index in [0.717, 1.165) is 88.3 Å². The maximum absolute atomic E-state index is 15.3. The summed E-state index contributed by atoms with van der Waals surface area (Å²) in [6.45, 7) is 3.29. The zero-order chi connectivity index (χ0) is 33.8. The third kappa shape index (κ3) is 5.87. The lowest BCUT2D eigenvalue weighted by Crippen LogP contribution is -2.48. The van der Waals surface area contributed by atoms with E-state index in [0.29, 0.717) is 23.6 Å². The summed E-state index contributed by atoms with van der Waals surface area (Å²) in [7, 11) is 4.06. The predicted molar refractivity (Wildman–Crippen MR) is 185 cm³/mol. The molecule has 4 aliphatic heterocycles. The van der Waals surface area contributed by atoms with Crippen molar-refractivity contribution in [3.05, 3.63) is 100 Å². The van der Waals surface area contributed by atoms with Crippen molar-refractivity contribution in [1.29, 1.82) is 0 Å². The van der Waals surface area contributed by atoms with Crippen LogP contribution < -0.4 is 4.74 Å². The van der Waals surface area contributed by atoms with Crippen LogP contribution in [0.5, 0.6) is 5.75 Å². The van der Waals surface area contributed by atoms with Gasteiger partial charge >= 0.3 is 5.97 Å². The van der Waals surface area contributed by atoms with Crippen molar-refractivity contribution in [2.45, 2.75) is 55.6 Å². The van der Waals surface area contributed by atoms with Gasteiger partial charge in [-0.3, -0.25) is 9.69 Å². The van der Waals surface area contributed by atoms with Gasteiger partial charge in [0.2, 0.25) is 0 Å². The van der Waals surface area contributed by atoms with E-state index in [4.69, 9.17) is 14.5 Å². The molecular formula is C38H39FN4O5Si. The molecule has 49 heavy (non-hydrogen) atoms. The summed E-state index contributed by atoms with van der Waals surface area (Å²) in [5.41, 5.74) is 5.14. The van der Waals surface area contributed by atoms with Gasteiger partial charge in [0.1, 0.15) is 23.5 Å². The molecule has 11 heteroatoms. The van der Waals surface area contributed by atoms with Gasteiger partial charge in [-0.05, 0) is 80.2 Å². The third-order valence-corrected chi connectivity index (χ3v) is 12.4. The van der Waals surface area contributed by atoms with Gasteiger partial charge in [0.15, 0.2) is 0 Å². The molecule has 4 atom stereocenters. The fourth-order valence-corrected chi connectivity index (χ4v) is 9.37. The molecule has 9 nitrogen and oxygen atoms in total. The first-order valence-electron chi connectivity index (χ1n) is 17.1. The van der Waals surface area contributed by atoms with Crippen molar-refractivity contribution in [2.24, 2.45) is 5.92 Å². The Bertz CT molecular complexity index is 1960. The number of imidazole rings is 1. The average Bonchev–Trinajstić information content (AvgIpc) is 3.41. The topological polar surface area (TPSA) is 97.1 Å². The Morgan fingerprint density at radius 2 is 1.84 bits per heavy atom. The normalized spacial score (nSPS) is 23.7. The number of carbonyl (C=O) groups excluding carboxylic acids is 1. The van der Waals surface area contributed by atoms with Crippen LogP contribution in [0.15, 0.2) is 60.7 Å². The van der Waals surface area contributed by atoms with Crippen molar-refractivity contribution in [3.8, 4) is 5.75 Å². The third-order valence-electron chi connectivity index (χ3n) is 10.6. The fourth-order valence-electron chi connectivity index (χ4n) is 7.70. The second-order valence-electron chi connectivity index (χ2n) is 13.8. The van der Waals surface area contributed by atoms with Crippen molar-refractivity contribution in [2.75, 3.05) is 33.8 Å². The molecule has 8 rings (SSSR count). The van der Waals surface area contributed by atoms with Gasteiger partial charge in [-0.1, -0.05) is 36.4 Å².